The molecule has 0 bridgehead atoms. The smallest absolute Gasteiger partial charge is 0.264 e. The molecule has 2 aromatic rings. The van der Waals surface area contributed by atoms with E-state index in [1.165, 1.54) is 12.3 Å². The van der Waals surface area contributed by atoms with Crippen LogP contribution in [-0.2, 0) is 16.6 Å². The van der Waals surface area contributed by atoms with Crippen LogP contribution < -0.4 is 10.5 Å². The summed E-state index contributed by atoms with van der Waals surface area (Å²) in [6, 6.07) is 4.82. The fourth-order valence-electron chi connectivity index (χ4n) is 1.71. The highest BCUT2D eigenvalue weighted by atomic mass is 32.2. The maximum absolute atomic E-state index is 14.0. The van der Waals surface area contributed by atoms with Crippen molar-refractivity contribution in [3.8, 4) is 0 Å². The molecule has 0 unspecified atom stereocenters. The molecule has 0 saturated heterocycles. The van der Waals surface area contributed by atoms with Crippen molar-refractivity contribution in [2.45, 2.75) is 18.4 Å². The summed E-state index contributed by atoms with van der Waals surface area (Å²) in [5.74, 6) is -2.07. The van der Waals surface area contributed by atoms with Crippen molar-refractivity contribution in [3.63, 3.8) is 0 Å². The standard InChI is InChI=1S/C13H13F2N3O2S/c1-8-2-3-9(7-17-8)18-21(19,20)12-5-4-11(14)10(6-16)13(12)15/h2-5,7,18H,6,16H2,1H3. The van der Waals surface area contributed by atoms with Gasteiger partial charge in [0.1, 0.15) is 10.7 Å². The second kappa shape index (κ2) is 5.74. The van der Waals surface area contributed by atoms with E-state index < -0.39 is 38.7 Å². The number of halogens is 2. The van der Waals surface area contributed by atoms with Gasteiger partial charge in [-0.05, 0) is 31.2 Å². The molecule has 0 aliphatic rings. The Kier molecular flexibility index (Phi) is 4.19. The molecular formula is C13H13F2N3O2S. The Hall–Kier alpha value is -2.06. The van der Waals surface area contributed by atoms with Crippen LogP contribution in [0.1, 0.15) is 11.3 Å². The monoisotopic (exact) mass is 313 g/mol. The third kappa shape index (κ3) is 3.17. The first-order chi connectivity index (χ1) is 9.85. The molecule has 0 fully saturated rings. The zero-order chi connectivity index (χ0) is 15.6. The van der Waals surface area contributed by atoms with Gasteiger partial charge in [0.25, 0.3) is 10.0 Å². The summed E-state index contributed by atoms with van der Waals surface area (Å²) in [6.07, 6.45) is 1.30. The lowest BCUT2D eigenvalue weighted by Crippen LogP contribution is -2.17. The van der Waals surface area contributed by atoms with Gasteiger partial charge in [-0.25, -0.2) is 17.2 Å². The summed E-state index contributed by atoms with van der Waals surface area (Å²) in [4.78, 5) is 3.26. The molecule has 0 saturated carbocycles. The fraction of sp³-hybridized carbons (Fsp3) is 0.154. The SMILES string of the molecule is Cc1ccc(NS(=O)(=O)c2ccc(F)c(CN)c2F)cn1. The predicted molar refractivity (Wildman–Crippen MR) is 74.0 cm³/mol. The van der Waals surface area contributed by atoms with E-state index in [1.807, 2.05) is 0 Å². The van der Waals surface area contributed by atoms with Crippen LogP contribution >= 0.6 is 0 Å². The molecular weight excluding hydrogens is 300 g/mol. The van der Waals surface area contributed by atoms with Gasteiger partial charge in [0.15, 0.2) is 5.82 Å². The van der Waals surface area contributed by atoms with Gasteiger partial charge in [0.2, 0.25) is 0 Å². The van der Waals surface area contributed by atoms with Crippen molar-refractivity contribution in [2.75, 3.05) is 4.72 Å². The average molecular weight is 313 g/mol. The van der Waals surface area contributed by atoms with Gasteiger partial charge in [-0.2, -0.15) is 0 Å². The average Bonchev–Trinajstić information content (AvgIpc) is 2.41. The maximum Gasteiger partial charge on any atom is 0.264 e. The van der Waals surface area contributed by atoms with Crippen molar-refractivity contribution in [2.24, 2.45) is 5.73 Å². The van der Waals surface area contributed by atoms with Gasteiger partial charge >= 0.3 is 0 Å². The minimum Gasteiger partial charge on any atom is -0.326 e. The number of hydrogen-bond acceptors (Lipinski definition) is 4. The van der Waals surface area contributed by atoms with Crippen LogP contribution in [0.4, 0.5) is 14.5 Å². The van der Waals surface area contributed by atoms with E-state index >= 15 is 0 Å². The van der Waals surface area contributed by atoms with Crippen LogP contribution in [-0.4, -0.2) is 13.4 Å². The molecule has 8 heteroatoms. The number of nitrogens with one attached hydrogen (secondary N) is 1. The predicted octanol–water partition coefficient (Wildman–Crippen LogP) is 1.93. The number of anilines is 1. The fourth-order valence-corrected chi connectivity index (χ4v) is 2.86. The summed E-state index contributed by atoms with van der Waals surface area (Å²) in [5, 5.41) is 0. The largest absolute Gasteiger partial charge is 0.326 e. The Morgan fingerprint density at radius 2 is 1.95 bits per heavy atom. The Morgan fingerprint density at radius 1 is 1.24 bits per heavy atom. The van der Waals surface area contributed by atoms with Gasteiger partial charge in [0, 0.05) is 17.8 Å². The lowest BCUT2D eigenvalue weighted by atomic mass is 10.2. The highest BCUT2D eigenvalue weighted by molar-refractivity contribution is 7.92. The number of pyridine rings is 1. The van der Waals surface area contributed by atoms with Crippen molar-refractivity contribution in [3.05, 3.63) is 53.4 Å². The van der Waals surface area contributed by atoms with E-state index in [2.05, 4.69) is 9.71 Å². The van der Waals surface area contributed by atoms with Crippen LogP contribution in [0.3, 0.4) is 0 Å². The molecule has 5 nitrogen and oxygen atoms in total. The molecule has 0 amide bonds. The van der Waals surface area contributed by atoms with Crippen LogP contribution in [0, 0.1) is 18.6 Å². The first-order valence-electron chi connectivity index (χ1n) is 5.97. The lowest BCUT2D eigenvalue weighted by molar-refractivity contribution is 0.530. The number of rotatable bonds is 4. The number of nitrogens with two attached hydrogens (primary N) is 1. The minimum absolute atomic E-state index is 0.179. The molecule has 2 rings (SSSR count). The summed E-state index contributed by atoms with van der Waals surface area (Å²) in [7, 11) is -4.19. The molecule has 0 spiro atoms. The second-order valence-electron chi connectivity index (χ2n) is 4.34. The summed E-state index contributed by atoms with van der Waals surface area (Å²) in [6.45, 7) is 1.30. The molecule has 0 radical (unpaired) electrons. The van der Waals surface area contributed by atoms with Gasteiger partial charge in [0.05, 0.1) is 11.9 Å². The first kappa shape index (κ1) is 15.3. The van der Waals surface area contributed by atoms with Crippen LogP contribution in [0.2, 0.25) is 0 Å². The number of nitrogens with zero attached hydrogens (tertiary/aromatic N) is 1. The van der Waals surface area contributed by atoms with Gasteiger partial charge in [-0.15, -0.1) is 0 Å². The van der Waals surface area contributed by atoms with E-state index in [0.717, 1.165) is 12.1 Å². The van der Waals surface area contributed by atoms with Crippen molar-refractivity contribution < 1.29 is 17.2 Å². The van der Waals surface area contributed by atoms with Crippen molar-refractivity contribution in [1.29, 1.82) is 0 Å². The number of sulfonamides is 1. The zero-order valence-electron chi connectivity index (χ0n) is 11.1. The third-order valence-electron chi connectivity index (χ3n) is 2.81. The molecule has 112 valence electrons. The third-order valence-corrected chi connectivity index (χ3v) is 4.21. The van der Waals surface area contributed by atoms with E-state index in [-0.39, 0.29) is 5.69 Å². The highest BCUT2D eigenvalue weighted by Gasteiger charge is 2.23. The molecule has 3 N–H and O–H groups in total. The molecule has 0 aliphatic carbocycles. The summed E-state index contributed by atoms with van der Waals surface area (Å²) < 4.78 is 53.9. The molecule has 0 aliphatic heterocycles. The number of aromatic nitrogens is 1. The van der Waals surface area contributed by atoms with Gasteiger partial charge in [-0.1, -0.05) is 0 Å². The zero-order valence-corrected chi connectivity index (χ0v) is 11.9. The van der Waals surface area contributed by atoms with Crippen molar-refractivity contribution in [1.82, 2.24) is 4.98 Å². The maximum atomic E-state index is 14.0. The molecule has 1 aromatic heterocycles. The van der Waals surface area contributed by atoms with E-state index in [4.69, 9.17) is 5.73 Å². The minimum atomic E-state index is -4.19. The molecule has 0 atom stereocenters. The Balaban J connectivity index is 2.42. The highest BCUT2D eigenvalue weighted by Crippen LogP contribution is 2.23. The Bertz CT molecular complexity index is 762. The Morgan fingerprint density at radius 3 is 2.52 bits per heavy atom. The van der Waals surface area contributed by atoms with Gasteiger partial charge < -0.3 is 5.73 Å². The van der Waals surface area contributed by atoms with E-state index in [9.17, 15) is 17.2 Å². The summed E-state index contributed by atoms with van der Waals surface area (Å²) in [5.41, 5.74) is 5.64. The van der Waals surface area contributed by atoms with Crippen LogP contribution in [0.25, 0.3) is 0 Å². The quantitative estimate of drug-likeness (QED) is 0.903. The van der Waals surface area contributed by atoms with Gasteiger partial charge in [-0.3, -0.25) is 9.71 Å². The van der Waals surface area contributed by atoms with E-state index in [0.29, 0.717) is 5.69 Å². The topological polar surface area (TPSA) is 85.1 Å². The normalized spacial score (nSPS) is 11.4. The molecule has 21 heavy (non-hydrogen) atoms. The Labute approximate surface area is 120 Å². The van der Waals surface area contributed by atoms with Crippen molar-refractivity contribution >= 4 is 15.7 Å². The van der Waals surface area contributed by atoms with Crippen LogP contribution in [0.5, 0.6) is 0 Å². The summed E-state index contributed by atoms with van der Waals surface area (Å²) >= 11 is 0. The molecule has 1 aromatic carbocycles. The number of benzene rings is 1. The first-order valence-corrected chi connectivity index (χ1v) is 7.46. The molecule has 1 heterocycles. The number of hydrogen-bond donors (Lipinski definition) is 2. The van der Waals surface area contributed by atoms with E-state index in [1.54, 1.807) is 13.0 Å². The van der Waals surface area contributed by atoms with Crippen LogP contribution in [0.15, 0.2) is 35.4 Å². The lowest BCUT2D eigenvalue weighted by Gasteiger charge is -2.11. The number of aryl methyl sites for hydroxylation is 1. The second-order valence-corrected chi connectivity index (χ2v) is 5.99.